The molecule has 0 heterocycles. The van der Waals surface area contributed by atoms with Crippen LogP contribution in [0.1, 0.15) is 206 Å². The fraction of sp³-hybridized carbons (Fsp3) is 0.800. The first-order valence-corrected chi connectivity index (χ1v) is 25.8. The van der Waals surface area contributed by atoms with E-state index in [0.717, 1.165) is 70.6 Å². The molecule has 0 saturated carbocycles. The number of nitrogens with zero attached hydrogens (tertiary/aromatic N) is 1. The summed E-state index contributed by atoms with van der Waals surface area (Å²) in [6.07, 6.45) is 50.0. The van der Waals surface area contributed by atoms with E-state index in [1.807, 2.05) is 21.1 Å². The molecular weight excluding hydrogens is 774 g/mol. The number of esters is 2. The minimum absolute atomic E-state index is 0.0355. The molecular formula is C50H92NO8P. The zero-order valence-corrected chi connectivity index (χ0v) is 40.3. The summed E-state index contributed by atoms with van der Waals surface area (Å²) >= 11 is 0. The zero-order valence-electron chi connectivity index (χ0n) is 39.4. The second kappa shape index (κ2) is 42.3. The topological polar surface area (TPSA) is 111 Å². The number of ether oxygens (including phenoxy) is 2. The number of rotatable bonds is 44. The average molecular weight is 866 g/mol. The molecule has 9 nitrogen and oxygen atoms in total. The Labute approximate surface area is 369 Å². The van der Waals surface area contributed by atoms with Crippen LogP contribution >= 0.6 is 7.82 Å². The van der Waals surface area contributed by atoms with Crippen LogP contribution in [0.4, 0.5) is 0 Å². The van der Waals surface area contributed by atoms with E-state index in [9.17, 15) is 19.0 Å². The van der Waals surface area contributed by atoms with Gasteiger partial charge in [0.05, 0.1) is 27.7 Å². The predicted octanol–water partition coefficient (Wildman–Crippen LogP) is 13.6. The molecule has 0 aromatic heterocycles. The van der Waals surface area contributed by atoms with Crippen LogP contribution in [0.5, 0.6) is 0 Å². The summed E-state index contributed by atoms with van der Waals surface area (Å²) in [6, 6.07) is 0. The van der Waals surface area contributed by atoms with E-state index in [-0.39, 0.29) is 32.0 Å². The number of allylic oxidation sites excluding steroid dienone is 8. The minimum atomic E-state index is -4.63. The Morgan fingerprint density at radius 1 is 0.533 bits per heavy atom. The maximum atomic E-state index is 12.7. The Morgan fingerprint density at radius 3 is 1.43 bits per heavy atom. The van der Waals surface area contributed by atoms with Crippen LogP contribution in [0.3, 0.4) is 0 Å². The van der Waals surface area contributed by atoms with Gasteiger partial charge in [0.15, 0.2) is 6.10 Å². The van der Waals surface area contributed by atoms with Gasteiger partial charge in [0.2, 0.25) is 0 Å². The first-order valence-electron chi connectivity index (χ1n) is 24.3. The molecule has 0 aromatic rings. The number of hydrogen-bond acceptors (Lipinski definition) is 8. The maximum Gasteiger partial charge on any atom is 0.306 e. The highest BCUT2D eigenvalue weighted by molar-refractivity contribution is 7.45. The van der Waals surface area contributed by atoms with Crippen molar-refractivity contribution in [1.29, 1.82) is 0 Å². The van der Waals surface area contributed by atoms with Gasteiger partial charge in [-0.15, -0.1) is 0 Å². The molecule has 0 aliphatic heterocycles. The van der Waals surface area contributed by atoms with E-state index in [1.54, 1.807) is 0 Å². The molecule has 0 fully saturated rings. The fourth-order valence-electron chi connectivity index (χ4n) is 6.55. The van der Waals surface area contributed by atoms with E-state index >= 15 is 0 Å². The van der Waals surface area contributed by atoms with Crippen LogP contribution < -0.4 is 4.89 Å². The lowest BCUT2D eigenvalue weighted by Gasteiger charge is -2.28. The average Bonchev–Trinajstić information content (AvgIpc) is 3.20. The van der Waals surface area contributed by atoms with Crippen molar-refractivity contribution in [2.75, 3.05) is 47.5 Å². The van der Waals surface area contributed by atoms with Crippen molar-refractivity contribution < 1.29 is 42.1 Å². The summed E-state index contributed by atoms with van der Waals surface area (Å²) in [5, 5.41) is 0. The highest BCUT2D eigenvalue weighted by Gasteiger charge is 2.21. The molecule has 350 valence electrons. The number of carbonyl (C=O) groups excluding carboxylic acids is 2. The molecule has 0 N–H and O–H groups in total. The van der Waals surface area contributed by atoms with E-state index in [1.165, 1.54) is 103 Å². The second-order valence-corrected chi connectivity index (χ2v) is 18.9. The van der Waals surface area contributed by atoms with Crippen molar-refractivity contribution in [1.82, 2.24) is 0 Å². The SMILES string of the molecule is CC/C=C/C/C=C/C/C=C/CCCCCCCC(=O)O[C@@H](COC(=O)CCCCCCCCCCCCC/C=C/CCCCCCCC)COP(=O)([O-])OCC[N+](C)(C)C. The van der Waals surface area contributed by atoms with E-state index < -0.39 is 26.5 Å². The maximum absolute atomic E-state index is 12.7. The lowest BCUT2D eigenvalue weighted by atomic mass is 10.0. The highest BCUT2D eigenvalue weighted by Crippen LogP contribution is 2.38. The molecule has 0 rings (SSSR count). The summed E-state index contributed by atoms with van der Waals surface area (Å²) in [7, 11) is 1.15. The first kappa shape index (κ1) is 58.0. The Kier molecular flexibility index (Phi) is 40.8. The number of hydrogen-bond donors (Lipinski definition) is 0. The molecule has 10 heteroatoms. The number of unbranched alkanes of at least 4 members (excludes halogenated alkanes) is 22. The third kappa shape index (κ3) is 45.5. The third-order valence-corrected chi connectivity index (χ3v) is 11.3. The van der Waals surface area contributed by atoms with Crippen molar-refractivity contribution in [3.05, 3.63) is 48.6 Å². The fourth-order valence-corrected chi connectivity index (χ4v) is 7.27. The van der Waals surface area contributed by atoms with E-state index in [2.05, 4.69) is 62.5 Å². The van der Waals surface area contributed by atoms with Gasteiger partial charge in [0, 0.05) is 12.8 Å². The monoisotopic (exact) mass is 866 g/mol. The molecule has 0 aliphatic carbocycles. The van der Waals surface area contributed by atoms with E-state index in [0.29, 0.717) is 17.4 Å². The molecule has 1 unspecified atom stereocenters. The highest BCUT2D eigenvalue weighted by atomic mass is 31.2. The molecule has 0 aliphatic rings. The number of likely N-dealkylation sites (N-methyl/N-ethyl adjacent to an activating group) is 1. The van der Waals surface area contributed by atoms with Crippen molar-refractivity contribution >= 4 is 19.8 Å². The van der Waals surface area contributed by atoms with Crippen molar-refractivity contribution in [3.8, 4) is 0 Å². The summed E-state index contributed by atoms with van der Waals surface area (Å²) in [4.78, 5) is 37.6. The summed E-state index contributed by atoms with van der Waals surface area (Å²) in [6.45, 7) is 4.10. The molecule has 60 heavy (non-hydrogen) atoms. The molecule has 0 spiro atoms. The molecule has 0 bridgehead atoms. The van der Waals surface area contributed by atoms with Crippen LogP contribution in [-0.2, 0) is 32.7 Å². The Hall–Kier alpha value is -2.03. The lowest BCUT2D eigenvalue weighted by molar-refractivity contribution is -0.870. The Bertz CT molecular complexity index is 1160. The lowest BCUT2D eigenvalue weighted by Crippen LogP contribution is -2.37. The van der Waals surface area contributed by atoms with Crippen LogP contribution in [-0.4, -0.2) is 70.0 Å². The smallest absolute Gasteiger partial charge is 0.306 e. The van der Waals surface area contributed by atoms with Gasteiger partial charge >= 0.3 is 11.9 Å². The Morgan fingerprint density at radius 2 is 0.950 bits per heavy atom. The first-order chi connectivity index (χ1) is 29.0. The zero-order chi connectivity index (χ0) is 44.3. The minimum Gasteiger partial charge on any atom is -0.756 e. The second-order valence-electron chi connectivity index (χ2n) is 17.4. The van der Waals surface area contributed by atoms with Gasteiger partial charge in [-0.2, -0.15) is 0 Å². The van der Waals surface area contributed by atoms with Gasteiger partial charge in [-0.05, 0) is 70.6 Å². The summed E-state index contributed by atoms with van der Waals surface area (Å²) in [5.41, 5.74) is 0. The van der Waals surface area contributed by atoms with Crippen molar-refractivity contribution in [2.45, 2.75) is 213 Å². The standard InChI is InChI=1S/C50H92NO8P/c1-6-8-10-12-14-16-18-20-22-23-24-25-26-27-29-30-32-34-36-38-40-42-49(52)56-46-48(47-58-60(54,55)57-45-44-51(3,4)5)59-50(53)43-41-39-37-35-33-31-28-21-19-17-15-13-11-9-7-2/h9,11,15,17,20-22,28,48H,6-8,10,12-14,16,18-19,23-27,29-47H2,1-5H3/b11-9+,17-15+,22-20+,28-21+/t48-/m0/s1. The number of phosphoric ester groups is 1. The molecule has 2 atom stereocenters. The van der Waals surface area contributed by atoms with Gasteiger partial charge in [-0.25, -0.2) is 0 Å². The number of carbonyl (C=O) groups is 2. The van der Waals surface area contributed by atoms with Crippen LogP contribution in [0.2, 0.25) is 0 Å². The van der Waals surface area contributed by atoms with Crippen LogP contribution in [0.25, 0.3) is 0 Å². The molecule has 0 aromatic carbocycles. The van der Waals surface area contributed by atoms with Crippen molar-refractivity contribution in [2.24, 2.45) is 0 Å². The number of phosphoric acid groups is 1. The number of quaternary nitrogens is 1. The Balaban J connectivity index is 4.27. The van der Waals surface area contributed by atoms with Crippen LogP contribution in [0.15, 0.2) is 48.6 Å². The van der Waals surface area contributed by atoms with Gasteiger partial charge in [-0.3, -0.25) is 14.2 Å². The summed E-state index contributed by atoms with van der Waals surface area (Å²) < 4.78 is 34.0. The summed E-state index contributed by atoms with van der Waals surface area (Å²) in [5.74, 6) is -0.853. The quantitative estimate of drug-likeness (QED) is 0.0196. The normalized spacial score (nSPS) is 13.9. The predicted molar refractivity (Wildman–Crippen MR) is 250 cm³/mol. The van der Waals surface area contributed by atoms with Gasteiger partial charge in [-0.1, -0.05) is 172 Å². The van der Waals surface area contributed by atoms with Gasteiger partial charge in [0.1, 0.15) is 19.8 Å². The van der Waals surface area contributed by atoms with Crippen molar-refractivity contribution in [3.63, 3.8) is 0 Å². The van der Waals surface area contributed by atoms with Gasteiger partial charge < -0.3 is 27.9 Å². The molecule has 0 radical (unpaired) electrons. The molecule has 0 saturated heterocycles. The largest absolute Gasteiger partial charge is 0.756 e. The van der Waals surface area contributed by atoms with Gasteiger partial charge in [0.25, 0.3) is 7.82 Å². The third-order valence-electron chi connectivity index (χ3n) is 10.3. The van der Waals surface area contributed by atoms with Crippen LogP contribution in [0, 0.1) is 0 Å². The van der Waals surface area contributed by atoms with E-state index in [4.69, 9.17) is 18.5 Å². The molecule has 0 amide bonds.